The Hall–Kier alpha value is -3.34. The lowest BCUT2D eigenvalue weighted by Gasteiger charge is -2.09. The Morgan fingerprint density at radius 2 is 1.68 bits per heavy atom. The molecule has 0 aliphatic heterocycles. The van der Waals surface area contributed by atoms with Gasteiger partial charge in [0.15, 0.2) is 5.78 Å². The summed E-state index contributed by atoms with van der Waals surface area (Å²) in [6.45, 7) is 3.27. The van der Waals surface area contributed by atoms with Crippen molar-refractivity contribution in [2.75, 3.05) is 5.32 Å². The first-order valence-corrected chi connectivity index (χ1v) is 7.86. The summed E-state index contributed by atoms with van der Waals surface area (Å²) in [6, 6.07) is 16.3. The minimum atomic E-state index is -0.307. The largest absolute Gasteiger partial charge is 0.321 e. The Labute approximate surface area is 148 Å². The van der Waals surface area contributed by atoms with Crippen molar-refractivity contribution in [1.29, 1.82) is 0 Å². The van der Waals surface area contributed by atoms with E-state index >= 15 is 0 Å². The van der Waals surface area contributed by atoms with Gasteiger partial charge in [0.05, 0.1) is 17.6 Å². The minimum absolute atomic E-state index is 0. The molecule has 25 heavy (non-hydrogen) atoms. The van der Waals surface area contributed by atoms with E-state index in [0.717, 1.165) is 5.56 Å². The Balaban J connectivity index is 0.00000182. The summed E-state index contributed by atoms with van der Waals surface area (Å²) in [7, 11) is 0. The quantitative estimate of drug-likeness (QED) is 0.717. The first-order valence-electron chi connectivity index (χ1n) is 7.86. The lowest BCUT2D eigenvalue weighted by atomic mass is 10.1. The molecule has 0 aliphatic rings. The molecule has 0 radical (unpaired) electrons. The van der Waals surface area contributed by atoms with Crippen molar-refractivity contribution in [3.63, 3.8) is 0 Å². The Morgan fingerprint density at radius 1 is 1.00 bits per heavy atom. The molecule has 0 spiro atoms. The van der Waals surface area contributed by atoms with Crippen LogP contribution in [-0.4, -0.2) is 21.7 Å². The van der Waals surface area contributed by atoms with Crippen molar-refractivity contribution < 1.29 is 12.4 Å². The Morgan fingerprint density at radius 3 is 2.32 bits per heavy atom. The maximum Gasteiger partial charge on any atom is 0.276 e. The third-order valence-electron chi connectivity index (χ3n) is 3.79. The number of nitrogens with one attached hydrogen (secondary N) is 1. The zero-order valence-electron chi connectivity index (χ0n) is 14.0. The van der Waals surface area contributed by atoms with Gasteiger partial charge in [-0.3, -0.25) is 14.6 Å². The van der Waals surface area contributed by atoms with Crippen LogP contribution in [0.5, 0.6) is 0 Å². The molecular weight excluding hydrogens is 314 g/mol. The zero-order valence-corrected chi connectivity index (χ0v) is 14.0. The zero-order chi connectivity index (χ0) is 17.8. The minimum Gasteiger partial charge on any atom is -0.321 e. The molecule has 0 unspecified atom stereocenters. The number of aryl methyl sites for hydroxylation is 1. The molecule has 1 heterocycles. The molecule has 1 N–H and O–H groups in total. The van der Waals surface area contributed by atoms with E-state index in [1.54, 1.807) is 37.4 Å². The highest BCUT2D eigenvalue weighted by Crippen LogP contribution is 2.19. The molecule has 128 valence electrons. The smallest absolute Gasteiger partial charge is 0.276 e. The standard InChI is InChI=1S/C20H17N3O2.2H2/c1-13-19(20(25)22-17-6-4-3-5-7-17)23-18(12-21-13)16-10-8-15(9-11-16)14(2)24;;/h3-12H,1-2H3,(H,22,25);2*1H. The fourth-order valence-corrected chi connectivity index (χ4v) is 2.39. The maximum atomic E-state index is 12.5. The molecule has 1 aromatic heterocycles. The van der Waals surface area contributed by atoms with Crippen LogP contribution >= 0.6 is 0 Å². The predicted molar refractivity (Wildman–Crippen MR) is 101 cm³/mol. The van der Waals surface area contributed by atoms with Crippen LogP contribution < -0.4 is 5.32 Å². The molecule has 0 atom stereocenters. The summed E-state index contributed by atoms with van der Waals surface area (Å²) in [5, 5.41) is 2.82. The maximum absolute atomic E-state index is 12.5. The summed E-state index contributed by atoms with van der Waals surface area (Å²) in [4.78, 5) is 32.6. The second-order valence-corrected chi connectivity index (χ2v) is 5.64. The van der Waals surface area contributed by atoms with Crippen LogP contribution in [0, 0.1) is 6.92 Å². The summed E-state index contributed by atoms with van der Waals surface area (Å²) >= 11 is 0. The first-order chi connectivity index (χ1) is 12.0. The average Bonchev–Trinajstić information content (AvgIpc) is 2.63. The summed E-state index contributed by atoms with van der Waals surface area (Å²) in [6.07, 6.45) is 1.62. The highest BCUT2D eigenvalue weighted by atomic mass is 16.2. The van der Waals surface area contributed by atoms with Crippen molar-refractivity contribution >= 4 is 17.4 Å². The predicted octanol–water partition coefficient (Wildman–Crippen LogP) is 4.40. The monoisotopic (exact) mass is 335 g/mol. The molecule has 5 nitrogen and oxygen atoms in total. The van der Waals surface area contributed by atoms with E-state index in [2.05, 4.69) is 15.3 Å². The number of carbonyl (C=O) groups excluding carboxylic acids is 2. The fraction of sp³-hybridized carbons (Fsp3) is 0.100. The van der Waals surface area contributed by atoms with Crippen molar-refractivity contribution in [3.8, 4) is 11.3 Å². The number of carbonyl (C=O) groups is 2. The van der Waals surface area contributed by atoms with Gasteiger partial charge in [-0.25, -0.2) is 4.98 Å². The van der Waals surface area contributed by atoms with Gasteiger partial charge < -0.3 is 5.32 Å². The number of rotatable bonds is 4. The van der Waals surface area contributed by atoms with E-state index in [9.17, 15) is 9.59 Å². The van der Waals surface area contributed by atoms with Crippen molar-refractivity contribution in [2.24, 2.45) is 0 Å². The van der Waals surface area contributed by atoms with Crippen molar-refractivity contribution in [3.05, 3.63) is 77.7 Å². The van der Waals surface area contributed by atoms with Crippen LogP contribution in [0.15, 0.2) is 60.8 Å². The molecule has 0 fully saturated rings. The van der Waals surface area contributed by atoms with E-state index in [4.69, 9.17) is 0 Å². The number of para-hydroxylation sites is 1. The Kier molecular flexibility index (Phi) is 4.66. The molecule has 5 heteroatoms. The van der Waals surface area contributed by atoms with Gasteiger partial charge in [-0.15, -0.1) is 0 Å². The lowest BCUT2D eigenvalue weighted by Crippen LogP contribution is -2.16. The molecule has 3 aromatic rings. The van der Waals surface area contributed by atoms with Crippen LogP contribution in [0.3, 0.4) is 0 Å². The molecule has 0 bridgehead atoms. The summed E-state index contributed by atoms with van der Waals surface area (Å²) in [5.41, 5.74) is 3.54. The third kappa shape index (κ3) is 3.77. The summed E-state index contributed by atoms with van der Waals surface area (Å²) < 4.78 is 0. The van der Waals surface area contributed by atoms with Crippen molar-refractivity contribution in [2.45, 2.75) is 13.8 Å². The molecule has 2 aromatic carbocycles. The molecule has 0 aliphatic carbocycles. The van der Waals surface area contributed by atoms with Gasteiger partial charge in [0.1, 0.15) is 5.69 Å². The number of anilines is 1. The number of aromatic nitrogens is 2. The van der Waals surface area contributed by atoms with Gasteiger partial charge in [-0.1, -0.05) is 42.5 Å². The molecule has 3 rings (SSSR count). The number of amides is 1. The van der Waals surface area contributed by atoms with Crippen LogP contribution in [0.2, 0.25) is 0 Å². The van der Waals surface area contributed by atoms with E-state index in [1.807, 2.05) is 30.3 Å². The van der Waals surface area contributed by atoms with E-state index in [-0.39, 0.29) is 20.2 Å². The van der Waals surface area contributed by atoms with Crippen LogP contribution in [-0.2, 0) is 0 Å². The first kappa shape index (κ1) is 16.5. The topological polar surface area (TPSA) is 72.0 Å². The van der Waals surface area contributed by atoms with Gasteiger partial charge in [-0.05, 0) is 26.0 Å². The van der Waals surface area contributed by atoms with Crippen LogP contribution in [0.25, 0.3) is 11.3 Å². The molecule has 1 amide bonds. The van der Waals surface area contributed by atoms with E-state index in [1.165, 1.54) is 6.92 Å². The second-order valence-electron chi connectivity index (χ2n) is 5.64. The number of hydrogen-bond donors (Lipinski definition) is 1. The van der Waals surface area contributed by atoms with E-state index < -0.39 is 0 Å². The van der Waals surface area contributed by atoms with Gasteiger partial charge in [-0.2, -0.15) is 0 Å². The van der Waals surface area contributed by atoms with Crippen LogP contribution in [0.1, 0.15) is 36.3 Å². The molecule has 0 saturated carbocycles. The highest BCUT2D eigenvalue weighted by Gasteiger charge is 2.14. The normalized spacial score (nSPS) is 10.3. The Bertz CT molecular complexity index is 930. The fourth-order valence-electron chi connectivity index (χ4n) is 2.39. The van der Waals surface area contributed by atoms with E-state index in [0.29, 0.717) is 22.6 Å². The van der Waals surface area contributed by atoms with Gasteiger partial charge in [0.25, 0.3) is 5.91 Å². The third-order valence-corrected chi connectivity index (χ3v) is 3.79. The number of hydrogen-bond acceptors (Lipinski definition) is 4. The SMILES string of the molecule is CC(=O)c1ccc(-c2cnc(C)c(C(=O)Nc3ccccc3)n2)cc1.[HH].[HH]. The number of benzene rings is 2. The van der Waals surface area contributed by atoms with Crippen molar-refractivity contribution in [1.82, 2.24) is 9.97 Å². The van der Waals surface area contributed by atoms with Crippen LogP contribution in [0.4, 0.5) is 5.69 Å². The average molecular weight is 335 g/mol. The summed E-state index contributed by atoms with van der Waals surface area (Å²) in [5.74, 6) is -0.303. The number of Topliss-reactive ketones (excluding diaryl/α,β-unsaturated/α-hetero) is 1. The number of nitrogens with zero attached hydrogens (tertiary/aromatic N) is 2. The molecular formula is C20H21N3O2. The van der Waals surface area contributed by atoms with Gasteiger partial charge >= 0.3 is 0 Å². The van der Waals surface area contributed by atoms with Gasteiger partial charge in [0.2, 0.25) is 0 Å². The second kappa shape index (κ2) is 7.05. The van der Waals surface area contributed by atoms with Gasteiger partial charge in [0, 0.05) is 19.7 Å². The molecule has 0 saturated heterocycles. The lowest BCUT2D eigenvalue weighted by molar-refractivity contribution is 0.101. The highest BCUT2D eigenvalue weighted by molar-refractivity contribution is 6.03. The number of ketones is 1.